The van der Waals surface area contributed by atoms with Crippen LogP contribution in [0.15, 0.2) is 60.8 Å². The molecule has 1 heterocycles. The highest BCUT2D eigenvalue weighted by molar-refractivity contribution is 5.98. The Morgan fingerprint density at radius 3 is 2.65 bits per heavy atom. The molecule has 114 valence electrons. The summed E-state index contributed by atoms with van der Waals surface area (Å²) in [7, 11) is 0. The van der Waals surface area contributed by atoms with E-state index in [0.29, 0.717) is 6.42 Å². The molecule has 3 nitrogen and oxygen atoms in total. The summed E-state index contributed by atoms with van der Waals surface area (Å²) in [5.41, 5.74) is 5.24. The first-order valence-electron chi connectivity index (χ1n) is 7.94. The van der Waals surface area contributed by atoms with E-state index in [2.05, 4.69) is 36.3 Å². The molecule has 3 heteroatoms. The van der Waals surface area contributed by atoms with Gasteiger partial charge < -0.3 is 0 Å². The Morgan fingerprint density at radius 2 is 1.87 bits per heavy atom. The maximum Gasteiger partial charge on any atom is 0.166 e. The Morgan fingerprint density at radius 1 is 1.04 bits per heavy atom. The second kappa shape index (κ2) is 5.51. The average molecular weight is 302 g/mol. The molecule has 1 aromatic heterocycles. The lowest BCUT2D eigenvalue weighted by molar-refractivity contribution is 0.0964. The number of rotatable bonds is 2. The van der Waals surface area contributed by atoms with Gasteiger partial charge in [0.25, 0.3) is 0 Å². The number of hydrogen-bond acceptors (Lipinski definition) is 2. The van der Waals surface area contributed by atoms with Crippen LogP contribution in [0.5, 0.6) is 0 Å². The predicted molar refractivity (Wildman–Crippen MR) is 90.1 cm³/mol. The fourth-order valence-corrected chi connectivity index (χ4v) is 3.39. The van der Waals surface area contributed by atoms with Crippen LogP contribution in [0.1, 0.15) is 39.5 Å². The van der Waals surface area contributed by atoms with E-state index in [-0.39, 0.29) is 11.7 Å². The number of ketones is 1. The summed E-state index contributed by atoms with van der Waals surface area (Å²) in [6.45, 7) is 2.07. The third-order valence-corrected chi connectivity index (χ3v) is 4.56. The molecular weight excluding hydrogens is 284 g/mol. The zero-order valence-electron chi connectivity index (χ0n) is 13.1. The number of fused-ring (bicyclic) bond motifs is 1. The monoisotopic (exact) mass is 302 g/mol. The topological polar surface area (TPSA) is 34.9 Å². The van der Waals surface area contributed by atoms with Crippen molar-refractivity contribution in [2.45, 2.75) is 25.7 Å². The molecule has 0 fully saturated rings. The van der Waals surface area contributed by atoms with E-state index in [0.717, 1.165) is 23.4 Å². The van der Waals surface area contributed by atoms with Gasteiger partial charge in [0.1, 0.15) is 0 Å². The van der Waals surface area contributed by atoms with Crippen molar-refractivity contribution in [1.29, 1.82) is 0 Å². The van der Waals surface area contributed by atoms with Gasteiger partial charge in [-0.05, 0) is 42.5 Å². The first kappa shape index (κ1) is 13.9. The third kappa shape index (κ3) is 2.48. The van der Waals surface area contributed by atoms with Crippen LogP contribution < -0.4 is 0 Å². The van der Waals surface area contributed by atoms with Gasteiger partial charge in [-0.2, -0.15) is 5.10 Å². The minimum absolute atomic E-state index is 0.194. The van der Waals surface area contributed by atoms with Crippen molar-refractivity contribution in [2.24, 2.45) is 0 Å². The van der Waals surface area contributed by atoms with Crippen molar-refractivity contribution >= 4 is 5.78 Å². The summed E-state index contributed by atoms with van der Waals surface area (Å²) < 4.78 is 1.93. The van der Waals surface area contributed by atoms with Gasteiger partial charge in [0.05, 0.1) is 23.1 Å². The van der Waals surface area contributed by atoms with E-state index in [1.165, 1.54) is 11.1 Å². The van der Waals surface area contributed by atoms with E-state index in [9.17, 15) is 4.79 Å². The maximum absolute atomic E-state index is 12.5. The van der Waals surface area contributed by atoms with E-state index in [4.69, 9.17) is 0 Å². The summed E-state index contributed by atoms with van der Waals surface area (Å²) >= 11 is 0. The molecule has 1 aliphatic rings. The van der Waals surface area contributed by atoms with Crippen LogP contribution in [-0.2, 0) is 6.42 Å². The lowest BCUT2D eigenvalue weighted by atomic mass is 9.82. The quantitative estimate of drug-likeness (QED) is 0.714. The predicted octanol–water partition coefficient (Wildman–Crippen LogP) is 4.09. The highest BCUT2D eigenvalue weighted by atomic mass is 16.1. The summed E-state index contributed by atoms with van der Waals surface area (Å²) in [4.78, 5) is 12.5. The van der Waals surface area contributed by atoms with E-state index < -0.39 is 0 Å². The summed E-state index contributed by atoms with van der Waals surface area (Å²) in [5, 5.41) is 4.48. The lowest BCUT2D eigenvalue weighted by Gasteiger charge is -2.23. The minimum Gasteiger partial charge on any atom is -0.294 e. The van der Waals surface area contributed by atoms with Crippen molar-refractivity contribution in [3.8, 4) is 5.69 Å². The van der Waals surface area contributed by atoms with Crippen molar-refractivity contribution in [3.63, 3.8) is 0 Å². The van der Waals surface area contributed by atoms with Gasteiger partial charge in [0.2, 0.25) is 0 Å². The molecule has 4 rings (SSSR count). The zero-order chi connectivity index (χ0) is 15.8. The van der Waals surface area contributed by atoms with Gasteiger partial charge in [0, 0.05) is 6.42 Å². The minimum atomic E-state index is 0.194. The standard InChI is InChI=1S/C20H18N2O/c1-14-6-5-9-17(10-14)22-19-11-16(15-7-3-2-4-8-15)12-20(23)18(19)13-21-22/h2-10,13,16H,11-12H2,1H3. The molecule has 3 aromatic rings. The molecule has 0 bridgehead atoms. The number of aryl methyl sites for hydroxylation is 1. The first-order valence-corrected chi connectivity index (χ1v) is 7.94. The highest BCUT2D eigenvalue weighted by Gasteiger charge is 2.29. The average Bonchev–Trinajstić information content (AvgIpc) is 3.00. The fraction of sp³-hybridized carbons (Fsp3) is 0.200. The van der Waals surface area contributed by atoms with Gasteiger partial charge in [0.15, 0.2) is 5.78 Å². The molecule has 0 radical (unpaired) electrons. The summed E-state index contributed by atoms with van der Waals surface area (Å²) in [5.74, 6) is 0.426. The number of carbonyl (C=O) groups is 1. The van der Waals surface area contributed by atoms with Crippen LogP contribution >= 0.6 is 0 Å². The van der Waals surface area contributed by atoms with Crippen molar-refractivity contribution in [1.82, 2.24) is 9.78 Å². The number of benzene rings is 2. The van der Waals surface area contributed by atoms with E-state index in [1.54, 1.807) is 6.20 Å². The van der Waals surface area contributed by atoms with Crippen LogP contribution in [0.25, 0.3) is 5.69 Å². The van der Waals surface area contributed by atoms with Crippen LogP contribution in [0.4, 0.5) is 0 Å². The number of carbonyl (C=O) groups excluding carboxylic acids is 1. The normalized spacial score (nSPS) is 17.1. The third-order valence-electron chi connectivity index (χ3n) is 4.56. The maximum atomic E-state index is 12.5. The van der Waals surface area contributed by atoms with Crippen LogP contribution in [0.3, 0.4) is 0 Å². The SMILES string of the molecule is Cc1cccc(-n2ncc3c2CC(c2ccccc2)CC3=O)c1. The largest absolute Gasteiger partial charge is 0.294 e. The van der Waals surface area contributed by atoms with Crippen LogP contribution in [0.2, 0.25) is 0 Å². The highest BCUT2D eigenvalue weighted by Crippen LogP contribution is 2.33. The molecule has 23 heavy (non-hydrogen) atoms. The molecule has 0 saturated carbocycles. The fourth-order valence-electron chi connectivity index (χ4n) is 3.39. The summed E-state index contributed by atoms with van der Waals surface area (Å²) in [6, 6.07) is 18.5. The van der Waals surface area contributed by atoms with E-state index >= 15 is 0 Å². The molecule has 1 aliphatic carbocycles. The van der Waals surface area contributed by atoms with Crippen LogP contribution in [0, 0.1) is 6.92 Å². The number of aromatic nitrogens is 2. The second-order valence-corrected chi connectivity index (χ2v) is 6.19. The number of nitrogens with zero attached hydrogens (tertiary/aromatic N) is 2. The van der Waals surface area contributed by atoms with Crippen LogP contribution in [-0.4, -0.2) is 15.6 Å². The molecule has 0 amide bonds. The molecule has 0 spiro atoms. The number of hydrogen-bond donors (Lipinski definition) is 0. The smallest absolute Gasteiger partial charge is 0.166 e. The first-order chi connectivity index (χ1) is 11.2. The second-order valence-electron chi connectivity index (χ2n) is 6.19. The van der Waals surface area contributed by atoms with Gasteiger partial charge >= 0.3 is 0 Å². The van der Waals surface area contributed by atoms with Gasteiger partial charge in [-0.25, -0.2) is 4.68 Å². The van der Waals surface area contributed by atoms with Gasteiger partial charge in [-0.15, -0.1) is 0 Å². The van der Waals surface area contributed by atoms with Crippen molar-refractivity contribution in [3.05, 3.63) is 83.2 Å². The Hall–Kier alpha value is -2.68. The molecular formula is C20H18N2O. The Kier molecular flexibility index (Phi) is 3.34. The van der Waals surface area contributed by atoms with Gasteiger partial charge in [-0.3, -0.25) is 4.79 Å². The van der Waals surface area contributed by atoms with E-state index in [1.807, 2.05) is 35.0 Å². The lowest BCUT2D eigenvalue weighted by Crippen LogP contribution is -2.20. The van der Waals surface area contributed by atoms with Gasteiger partial charge in [-0.1, -0.05) is 42.5 Å². The van der Waals surface area contributed by atoms with Crippen molar-refractivity contribution < 1.29 is 4.79 Å². The molecule has 1 atom stereocenters. The van der Waals surface area contributed by atoms with Crippen molar-refractivity contribution in [2.75, 3.05) is 0 Å². The molecule has 0 saturated heterocycles. The Labute approximate surface area is 135 Å². The molecule has 1 unspecified atom stereocenters. The molecule has 0 N–H and O–H groups in total. The summed E-state index contributed by atoms with van der Waals surface area (Å²) in [6.07, 6.45) is 3.14. The Balaban J connectivity index is 1.77. The molecule has 0 aliphatic heterocycles. The number of Topliss-reactive ketones (excluding diaryl/α,β-unsaturated/α-hetero) is 1. The molecule has 2 aromatic carbocycles. The zero-order valence-corrected chi connectivity index (χ0v) is 13.1. The Bertz CT molecular complexity index is 864.